The predicted octanol–water partition coefficient (Wildman–Crippen LogP) is 3.75. The van der Waals surface area contributed by atoms with Crippen LogP contribution >= 0.6 is 11.6 Å². The maximum absolute atomic E-state index is 13.9. The van der Waals surface area contributed by atoms with E-state index in [-0.39, 0.29) is 12.6 Å². The number of rotatable bonds is 5. The highest BCUT2D eigenvalue weighted by atomic mass is 35.5. The van der Waals surface area contributed by atoms with E-state index in [9.17, 15) is 8.78 Å². The highest BCUT2D eigenvalue weighted by molar-refractivity contribution is 6.31. The number of nitrogens with two attached hydrogens (primary N) is 1. The fourth-order valence-electron chi connectivity index (χ4n) is 2.32. The molecule has 21 heavy (non-hydrogen) atoms. The van der Waals surface area contributed by atoms with Crippen molar-refractivity contribution in [3.8, 4) is 0 Å². The summed E-state index contributed by atoms with van der Waals surface area (Å²) in [5.74, 6) is -1.18. The van der Waals surface area contributed by atoms with Crippen LogP contribution in [0.3, 0.4) is 0 Å². The van der Waals surface area contributed by atoms with E-state index < -0.39 is 11.6 Å². The van der Waals surface area contributed by atoms with Crippen LogP contribution in [0.25, 0.3) is 0 Å². The third kappa shape index (κ3) is 3.79. The smallest absolute Gasteiger partial charge is 0.130 e. The number of likely N-dealkylation sites (N-methyl/N-ethyl adjacent to an activating group) is 1. The fourth-order valence-corrected chi connectivity index (χ4v) is 2.52. The molecule has 0 heterocycles. The number of hydrogen-bond acceptors (Lipinski definition) is 2. The lowest BCUT2D eigenvalue weighted by atomic mass is 10.0. The molecule has 0 aliphatic carbocycles. The van der Waals surface area contributed by atoms with Gasteiger partial charge in [0.05, 0.1) is 0 Å². The van der Waals surface area contributed by atoms with Gasteiger partial charge in [-0.05, 0) is 24.7 Å². The Kier molecular flexibility index (Phi) is 5.28. The van der Waals surface area contributed by atoms with Crippen molar-refractivity contribution in [2.45, 2.75) is 12.6 Å². The maximum Gasteiger partial charge on any atom is 0.130 e. The highest BCUT2D eigenvalue weighted by Gasteiger charge is 2.20. The van der Waals surface area contributed by atoms with Crippen LogP contribution in [0.2, 0.25) is 5.02 Å². The van der Waals surface area contributed by atoms with Gasteiger partial charge >= 0.3 is 0 Å². The Morgan fingerprint density at radius 3 is 2.52 bits per heavy atom. The average molecular weight is 311 g/mol. The molecule has 0 aliphatic heterocycles. The Morgan fingerprint density at radius 2 is 1.90 bits per heavy atom. The van der Waals surface area contributed by atoms with Crippen molar-refractivity contribution in [3.63, 3.8) is 0 Å². The van der Waals surface area contributed by atoms with Crippen LogP contribution in [0.15, 0.2) is 42.5 Å². The molecule has 2 aromatic carbocycles. The summed E-state index contributed by atoms with van der Waals surface area (Å²) in [6.07, 6.45) is 0. The first kappa shape index (κ1) is 15.9. The maximum atomic E-state index is 13.9. The summed E-state index contributed by atoms with van der Waals surface area (Å²) in [5.41, 5.74) is 7.09. The molecule has 0 spiro atoms. The van der Waals surface area contributed by atoms with Crippen molar-refractivity contribution >= 4 is 11.6 Å². The molecule has 0 fully saturated rings. The second-order valence-electron chi connectivity index (χ2n) is 4.92. The average Bonchev–Trinajstić information content (AvgIpc) is 2.44. The molecule has 0 saturated heterocycles. The van der Waals surface area contributed by atoms with Crippen LogP contribution in [0.1, 0.15) is 17.2 Å². The summed E-state index contributed by atoms with van der Waals surface area (Å²) in [7, 11) is 1.84. The molecule has 112 valence electrons. The zero-order valence-corrected chi connectivity index (χ0v) is 12.4. The summed E-state index contributed by atoms with van der Waals surface area (Å²) < 4.78 is 26.9. The minimum absolute atomic E-state index is 0.226. The minimum Gasteiger partial charge on any atom is -0.329 e. The Balaban J connectivity index is 2.22. The lowest BCUT2D eigenvalue weighted by Gasteiger charge is -2.28. The molecule has 0 amide bonds. The van der Waals surface area contributed by atoms with E-state index in [4.69, 9.17) is 17.3 Å². The van der Waals surface area contributed by atoms with Crippen LogP contribution in [0.4, 0.5) is 8.78 Å². The van der Waals surface area contributed by atoms with Crippen molar-refractivity contribution in [1.29, 1.82) is 0 Å². The fraction of sp³-hybridized carbons (Fsp3) is 0.250. The summed E-state index contributed by atoms with van der Waals surface area (Å²) in [6, 6.07) is 10.7. The molecule has 0 radical (unpaired) electrons. The Bertz CT molecular complexity index is 619. The molecule has 5 heteroatoms. The summed E-state index contributed by atoms with van der Waals surface area (Å²) in [4.78, 5) is 1.90. The normalized spacial score (nSPS) is 12.7. The number of nitrogens with zero attached hydrogens (tertiary/aromatic N) is 1. The van der Waals surface area contributed by atoms with Gasteiger partial charge in [0.25, 0.3) is 0 Å². The zero-order chi connectivity index (χ0) is 15.4. The van der Waals surface area contributed by atoms with Gasteiger partial charge in [0.1, 0.15) is 11.6 Å². The molecular formula is C16H17ClF2N2. The van der Waals surface area contributed by atoms with E-state index in [0.29, 0.717) is 17.1 Å². The Morgan fingerprint density at radius 1 is 1.19 bits per heavy atom. The van der Waals surface area contributed by atoms with Crippen LogP contribution in [-0.2, 0) is 6.54 Å². The molecule has 0 aromatic heterocycles. The van der Waals surface area contributed by atoms with Gasteiger partial charge in [-0.15, -0.1) is 0 Å². The first-order valence-corrected chi connectivity index (χ1v) is 6.99. The summed E-state index contributed by atoms with van der Waals surface area (Å²) >= 11 is 6.13. The molecule has 0 saturated carbocycles. The van der Waals surface area contributed by atoms with Crippen molar-refractivity contribution in [2.24, 2.45) is 5.73 Å². The predicted molar refractivity (Wildman–Crippen MR) is 81.1 cm³/mol. The standard InChI is InChI=1S/C16H17ClF2N2/c1-21(10-11-4-2-3-5-14(11)17)16(9-20)13-7-6-12(18)8-15(13)19/h2-8,16H,9-10,20H2,1H3. The molecule has 2 aromatic rings. The lowest BCUT2D eigenvalue weighted by molar-refractivity contribution is 0.236. The van der Waals surface area contributed by atoms with Crippen molar-refractivity contribution < 1.29 is 8.78 Å². The quantitative estimate of drug-likeness (QED) is 0.911. The number of halogens is 3. The summed E-state index contributed by atoms with van der Waals surface area (Å²) in [6.45, 7) is 0.752. The molecule has 1 unspecified atom stereocenters. The third-order valence-corrected chi connectivity index (χ3v) is 3.82. The van der Waals surface area contributed by atoms with Crippen LogP contribution in [-0.4, -0.2) is 18.5 Å². The second kappa shape index (κ2) is 6.98. The van der Waals surface area contributed by atoms with Gasteiger partial charge in [0, 0.05) is 35.8 Å². The van der Waals surface area contributed by atoms with E-state index in [0.717, 1.165) is 11.6 Å². The molecule has 0 bridgehead atoms. The minimum atomic E-state index is -0.597. The van der Waals surface area contributed by atoms with Crippen molar-refractivity contribution in [1.82, 2.24) is 4.90 Å². The van der Waals surface area contributed by atoms with Gasteiger partial charge in [0.2, 0.25) is 0 Å². The lowest BCUT2D eigenvalue weighted by Crippen LogP contribution is -2.31. The third-order valence-electron chi connectivity index (χ3n) is 3.45. The second-order valence-corrected chi connectivity index (χ2v) is 5.33. The van der Waals surface area contributed by atoms with Crippen LogP contribution in [0, 0.1) is 11.6 Å². The Hall–Kier alpha value is -1.49. The SMILES string of the molecule is CN(Cc1ccccc1Cl)C(CN)c1ccc(F)cc1F. The molecule has 2 nitrogen and oxygen atoms in total. The van der Waals surface area contributed by atoms with E-state index in [1.165, 1.54) is 12.1 Å². The first-order chi connectivity index (χ1) is 10.0. The van der Waals surface area contributed by atoms with Crippen LogP contribution < -0.4 is 5.73 Å². The molecule has 2 rings (SSSR count). The van der Waals surface area contributed by atoms with Gasteiger partial charge in [0.15, 0.2) is 0 Å². The van der Waals surface area contributed by atoms with Gasteiger partial charge in [-0.25, -0.2) is 8.78 Å². The van der Waals surface area contributed by atoms with Gasteiger partial charge in [-0.1, -0.05) is 35.9 Å². The Labute approximate surface area is 128 Å². The monoisotopic (exact) mass is 310 g/mol. The topological polar surface area (TPSA) is 29.3 Å². The largest absolute Gasteiger partial charge is 0.329 e. The van der Waals surface area contributed by atoms with E-state index in [1.54, 1.807) is 6.07 Å². The highest BCUT2D eigenvalue weighted by Crippen LogP contribution is 2.25. The van der Waals surface area contributed by atoms with Gasteiger partial charge < -0.3 is 5.73 Å². The van der Waals surface area contributed by atoms with Gasteiger partial charge in [-0.2, -0.15) is 0 Å². The number of benzene rings is 2. The molecule has 1 atom stereocenters. The van der Waals surface area contributed by atoms with E-state index >= 15 is 0 Å². The van der Waals surface area contributed by atoms with Gasteiger partial charge in [-0.3, -0.25) is 4.90 Å². The molecular weight excluding hydrogens is 294 g/mol. The van der Waals surface area contributed by atoms with Crippen molar-refractivity contribution in [2.75, 3.05) is 13.6 Å². The molecule has 0 aliphatic rings. The zero-order valence-electron chi connectivity index (χ0n) is 11.7. The summed E-state index contributed by atoms with van der Waals surface area (Å²) in [5, 5.41) is 0.652. The van der Waals surface area contributed by atoms with Crippen molar-refractivity contribution in [3.05, 3.63) is 70.2 Å². The molecule has 2 N–H and O–H groups in total. The van der Waals surface area contributed by atoms with Crippen LogP contribution in [0.5, 0.6) is 0 Å². The first-order valence-electron chi connectivity index (χ1n) is 6.61. The van der Waals surface area contributed by atoms with E-state index in [2.05, 4.69) is 0 Å². The van der Waals surface area contributed by atoms with E-state index in [1.807, 2.05) is 30.1 Å². The number of hydrogen-bond donors (Lipinski definition) is 1.